The number of nitrogens with one attached hydrogen (secondary N) is 2. The van der Waals surface area contributed by atoms with E-state index in [2.05, 4.69) is 15.8 Å². The fraction of sp³-hybridized carbons (Fsp3) is 0.160. The first kappa shape index (κ1) is 21.9. The topological polar surface area (TPSA) is 94.0 Å². The number of hydrogen-bond donors (Lipinski definition) is 2. The first-order valence-electron chi connectivity index (χ1n) is 10.4. The molecule has 0 unspecified atom stereocenters. The number of rotatable bonds is 7. The summed E-state index contributed by atoms with van der Waals surface area (Å²) in [5, 5.41) is 0. The van der Waals surface area contributed by atoms with Gasteiger partial charge in [0, 0.05) is 18.0 Å². The summed E-state index contributed by atoms with van der Waals surface area (Å²) in [5.74, 6) is 0.474. The Bertz CT molecular complexity index is 1280. The maximum atomic E-state index is 12.5. The second-order valence-electron chi connectivity index (χ2n) is 7.50. The van der Waals surface area contributed by atoms with Crippen LogP contribution in [0, 0.1) is 6.92 Å². The van der Waals surface area contributed by atoms with Crippen LogP contribution in [0.1, 0.15) is 27.2 Å². The van der Waals surface area contributed by atoms with Crippen molar-refractivity contribution < 1.29 is 19.1 Å². The minimum Gasteiger partial charge on any atom is -0.497 e. The Morgan fingerprint density at radius 2 is 1.82 bits per heavy atom. The number of methoxy groups -OCH3 is 1. The van der Waals surface area contributed by atoms with Gasteiger partial charge in [-0.15, -0.1) is 0 Å². The maximum Gasteiger partial charge on any atom is 0.269 e. The molecule has 4 aromatic rings. The van der Waals surface area contributed by atoms with E-state index < -0.39 is 5.91 Å². The molecule has 8 nitrogen and oxygen atoms in total. The molecule has 8 heteroatoms. The van der Waals surface area contributed by atoms with Crippen molar-refractivity contribution in [1.82, 2.24) is 20.2 Å². The van der Waals surface area contributed by atoms with E-state index in [4.69, 9.17) is 9.47 Å². The summed E-state index contributed by atoms with van der Waals surface area (Å²) in [6.07, 6.45) is 3.98. The fourth-order valence-corrected chi connectivity index (χ4v) is 3.33. The van der Waals surface area contributed by atoms with Gasteiger partial charge in [-0.1, -0.05) is 24.3 Å². The van der Waals surface area contributed by atoms with E-state index in [1.807, 2.05) is 35.9 Å². The maximum absolute atomic E-state index is 12.5. The number of benzene rings is 2. The molecule has 0 atom stereocenters. The Kier molecular flexibility index (Phi) is 6.54. The molecular formula is C25H24N4O4. The Hall–Kier alpha value is -4.33. The number of imidazole rings is 1. The number of aryl methyl sites for hydroxylation is 1. The smallest absolute Gasteiger partial charge is 0.269 e. The molecule has 0 saturated heterocycles. The van der Waals surface area contributed by atoms with Gasteiger partial charge in [0.1, 0.15) is 23.8 Å². The van der Waals surface area contributed by atoms with Gasteiger partial charge in [-0.25, -0.2) is 4.98 Å². The normalized spacial score (nSPS) is 10.6. The second kappa shape index (κ2) is 9.86. The predicted octanol–water partition coefficient (Wildman–Crippen LogP) is 3.23. The van der Waals surface area contributed by atoms with Crippen LogP contribution in [0.3, 0.4) is 0 Å². The van der Waals surface area contributed by atoms with Gasteiger partial charge < -0.3 is 13.9 Å². The largest absolute Gasteiger partial charge is 0.497 e. The lowest BCUT2D eigenvalue weighted by Gasteiger charge is -2.09. The van der Waals surface area contributed by atoms with Crippen molar-refractivity contribution in [3.63, 3.8) is 0 Å². The van der Waals surface area contributed by atoms with Crippen molar-refractivity contribution in [1.29, 1.82) is 0 Å². The molecule has 0 bridgehead atoms. The first-order valence-corrected chi connectivity index (χ1v) is 10.4. The standard InChI is InChI=1S/C25H24N4O4/c1-17-5-4-12-29-15-20(26-24(17)29)16-33-22-7-3-6-19(14-22)25(31)28-27-23(30)13-18-8-10-21(32-2)11-9-18/h3-12,14-15H,13,16H2,1-2H3,(H,27,30)(H,28,31). The molecule has 0 aliphatic heterocycles. The molecule has 33 heavy (non-hydrogen) atoms. The number of ether oxygens (including phenoxy) is 2. The van der Waals surface area contributed by atoms with Crippen molar-refractivity contribution in [2.75, 3.05) is 7.11 Å². The summed E-state index contributed by atoms with van der Waals surface area (Å²) in [5.41, 5.74) is 8.78. The molecule has 2 aromatic heterocycles. The summed E-state index contributed by atoms with van der Waals surface area (Å²) < 4.78 is 12.9. The minimum absolute atomic E-state index is 0.131. The lowest BCUT2D eigenvalue weighted by Crippen LogP contribution is -2.42. The zero-order chi connectivity index (χ0) is 23.2. The van der Waals surface area contributed by atoms with E-state index >= 15 is 0 Å². The summed E-state index contributed by atoms with van der Waals surface area (Å²) >= 11 is 0. The van der Waals surface area contributed by atoms with E-state index in [-0.39, 0.29) is 18.9 Å². The molecular weight excluding hydrogens is 420 g/mol. The van der Waals surface area contributed by atoms with E-state index in [0.29, 0.717) is 17.1 Å². The van der Waals surface area contributed by atoms with Crippen LogP contribution >= 0.6 is 0 Å². The highest BCUT2D eigenvalue weighted by atomic mass is 16.5. The van der Waals surface area contributed by atoms with Gasteiger partial charge in [0.15, 0.2) is 0 Å². The Balaban J connectivity index is 1.31. The molecule has 2 N–H and O–H groups in total. The van der Waals surface area contributed by atoms with Crippen molar-refractivity contribution in [3.8, 4) is 11.5 Å². The average molecular weight is 444 g/mol. The molecule has 0 aliphatic rings. The molecule has 2 aromatic carbocycles. The van der Waals surface area contributed by atoms with Crippen LogP contribution in [0.2, 0.25) is 0 Å². The number of hydrazine groups is 1. The summed E-state index contributed by atoms with van der Waals surface area (Å²) in [6, 6.07) is 17.9. The van der Waals surface area contributed by atoms with Crippen LogP contribution in [0.15, 0.2) is 73.1 Å². The van der Waals surface area contributed by atoms with Gasteiger partial charge in [0.05, 0.1) is 19.2 Å². The van der Waals surface area contributed by atoms with Crippen molar-refractivity contribution in [3.05, 3.63) is 95.4 Å². The van der Waals surface area contributed by atoms with Gasteiger partial charge in [0.25, 0.3) is 5.91 Å². The lowest BCUT2D eigenvalue weighted by atomic mass is 10.1. The summed E-state index contributed by atoms with van der Waals surface area (Å²) in [4.78, 5) is 29.2. The number of carbonyl (C=O) groups is 2. The molecule has 0 radical (unpaired) electrons. The fourth-order valence-electron chi connectivity index (χ4n) is 3.33. The molecule has 168 valence electrons. The highest BCUT2D eigenvalue weighted by molar-refractivity contribution is 5.95. The molecule has 2 amide bonds. The molecule has 0 spiro atoms. The molecule has 2 heterocycles. The zero-order valence-electron chi connectivity index (χ0n) is 18.4. The van der Waals surface area contributed by atoms with Gasteiger partial charge in [-0.2, -0.15) is 0 Å². The molecule has 0 fully saturated rings. The SMILES string of the molecule is COc1ccc(CC(=O)NNC(=O)c2cccc(OCc3cn4cccc(C)c4n3)c2)cc1. The van der Waals surface area contributed by atoms with Crippen LogP contribution in [0.25, 0.3) is 5.65 Å². The molecule has 4 rings (SSSR count). The quantitative estimate of drug-likeness (QED) is 0.427. The third-order valence-corrected chi connectivity index (χ3v) is 5.05. The van der Waals surface area contributed by atoms with Crippen LogP contribution in [-0.2, 0) is 17.8 Å². The minimum atomic E-state index is -0.438. The predicted molar refractivity (Wildman–Crippen MR) is 123 cm³/mol. The Labute approximate surface area is 191 Å². The number of carbonyl (C=O) groups excluding carboxylic acids is 2. The van der Waals surface area contributed by atoms with Crippen LogP contribution in [-0.4, -0.2) is 28.3 Å². The number of amides is 2. The monoisotopic (exact) mass is 444 g/mol. The Morgan fingerprint density at radius 1 is 1.00 bits per heavy atom. The van der Waals surface area contributed by atoms with E-state index in [1.165, 1.54) is 0 Å². The molecule has 0 saturated carbocycles. The van der Waals surface area contributed by atoms with E-state index in [9.17, 15) is 9.59 Å². The van der Waals surface area contributed by atoms with Crippen molar-refractivity contribution >= 4 is 17.5 Å². The molecule has 0 aliphatic carbocycles. The zero-order valence-corrected chi connectivity index (χ0v) is 18.4. The van der Waals surface area contributed by atoms with E-state index in [0.717, 1.165) is 22.5 Å². The number of pyridine rings is 1. The van der Waals surface area contributed by atoms with E-state index in [1.54, 1.807) is 55.6 Å². The van der Waals surface area contributed by atoms with Crippen LogP contribution in [0.4, 0.5) is 0 Å². The lowest BCUT2D eigenvalue weighted by molar-refractivity contribution is -0.121. The third kappa shape index (κ3) is 5.48. The highest BCUT2D eigenvalue weighted by Gasteiger charge is 2.10. The van der Waals surface area contributed by atoms with Crippen molar-refractivity contribution in [2.24, 2.45) is 0 Å². The first-order chi connectivity index (χ1) is 16.0. The second-order valence-corrected chi connectivity index (χ2v) is 7.50. The van der Waals surface area contributed by atoms with Crippen molar-refractivity contribution in [2.45, 2.75) is 20.0 Å². The third-order valence-electron chi connectivity index (χ3n) is 5.05. The van der Waals surface area contributed by atoms with Gasteiger partial charge in [-0.3, -0.25) is 20.4 Å². The Morgan fingerprint density at radius 3 is 2.58 bits per heavy atom. The summed E-state index contributed by atoms with van der Waals surface area (Å²) in [7, 11) is 1.58. The van der Waals surface area contributed by atoms with Gasteiger partial charge in [-0.05, 0) is 54.4 Å². The van der Waals surface area contributed by atoms with Gasteiger partial charge >= 0.3 is 0 Å². The number of aromatic nitrogens is 2. The number of hydrogen-bond acceptors (Lipinski definition) is 5. The van der Waals surface area contributed by atoms with Crippen LogP contribution < -0.4 is 20.3 Å². The average Bonchev–Trinajstić information content (AvgIpc) is 3.26. The number of nitrogens with zero attached hydrogens (tertiary/aromatic N) is 2. The van der Waals surface area contributed by atoms with Crippen LogP contribution in [0.5, 0.6) is 11.5 Å². The number of fused-ring (bicyclic) bond motifs is 1. The highest BCUT2D eigenvalue weighted by Crippen LogP contribution is 2.16. The van der Waals surface area contributed by atoms with Gasteiger partial charge in [0.2, 0.25) is 5.91 Å². The summed E-state index contributed by atoms with van der Waals surface area (Å²) in [6.45, 7) is 2.27.